The van der Waals surface area contributed by atoms with Crippen molar-refractivity contribution in [2.45, 2.75) is 6.42 Å². The number of fused-ring (bicyclic) bond motifs is 3. The van der Waals surface area contributed by atoms with Gasteiger partial charge in [0.15, 0.2) is 0 Å². The normalized spacial score (nSPS) is 17.1. The van der Waals surface area contributed by atoms with Crippen molar-refractivity contribution in [1.82, 2.24) is 9.80 Å². The Bertz CT molecular complexity index is 1330. The zero-order chi connectivity index (χ0) is 24.6. The van der Waals surface area contributed by atoms with E-state index in [9.17, 15) is 9.59 Å². The van der Waals surface area contributed by atoms with Gasteiger partial charge < -0.3 is 9.64 Å². The minimum absolute atomic E-state index is 0. The summed E-state index contributed by atoms with van der Waals surface area (Å²) in [5.41, 5.74) is 7.00. The molecule has 2 saturated heterocycles. The van der Waals surface area contributed by atoms with Crippen molar-refractivity contribution >= 4 is 35.5 Å². The van der Waals surface area contributed by atoms with Gasteiger partial charge in [0.1, 0.15) is 5.75 Å². The molecule has 2 aliphatic heterocycles. The Morgan fingerprint density at radius 3 is 1.92 bits per heavy atom. The molecule has 0 N–H and O–H groups in total. The molecular formula is C30H30ClN3O3. The van der Waals surface area contributed by atoms with Crippen molar-refractivity contribution in [2.24, 2.45) is 0 Å². The van der Waals surface area contributed by atoms with E-state index in [0.29, 0.717) is 18.7 Å². The molecule has 2 fully saturated rings. The van der Waals surface area contributed by atoms with E-state index in [1.807, 2.05) is 42.5 Å². The van der Waals surface area contributed by atoms with Gasteiger partial charge in [-0.2, -0.15) is 0 Å². The van der Waals surface area contributed by atoms with Gasteiger partial charge in [-0.25, -0.2) is 0 Å². The number of carbonyl (C=O) groups is 2. The molecule has 3 aromatic rings. The summed E-state index contributed by atoms with van der Waals surface area (Å²) in [6, 6.07) is 24.4. The number of nitrogens with zero attached hydrogens (tertiary/aromatic N) is 3. The number of halogens is 1. The minimum atomic E-state index is -0.144. The van der Waals surface area contributed by atoms with Crippen LogP contribution in [0.5, 0.6) is 5.75 Å². The van der Waals surface area contributed by atoms with Gasteiger partial charge in [-0.15, -0.1) is 12.4 Å². The Morgan fingerprint density at radius 2 is 1.30 bits per heavy atom. The number of rotatable bonds is 5. The Morgan fingerprint density at radius 1 is 0.730 bits per heavy atom. The summed E-state index contributed by atoms with van der Waals surface area (Å²) in [5.74, 6) is 0.640. The number of benzene rings is 3. The summed E-state index contributed by atoms with van der Waals surface area (Å²) < 4.78 is 5.52. The molecule has 1 aliphatic carbocycles. The lowest BCUT2D eigenvalue weighted by molar-refractivity contribution is -0.137. The first kappa shape index (κ1) is 25.1. The van der Waals surface area contributed by atoms with Crippen molar-refractivity contribution in [2.75, 3.05) is 51.3 Å². The number of hydrogen-bond donors (Lipinski definition) is 0. The highest BCUT2D eigenvalue weighted by Gasteiger charge is 2.38. The Hall–Kier alpha value is -3.61. The maximum absolute atomic E-state index is 13.5. The largest absolute Gasteiger partial charge is 0.495 e. The second-order valence-corrected chi connectivity index (χ2v) is 9.47. The molecule has 190 valence electrons. The average molecular weight is 516 g/mol. The summed E-state index contributed by atoms with van der Waals surface area (Å²) >= 11 is 0. The standard InChI is InChI=1S/C30H29N3O3.ClH/c1-36-27-13-7-6-12-26(27)32-17-14-31(15-18-32)16-19-33-28(34)20-25(30(33)35)29-23-10-4-2-8-21(23)22-9-3-5-11-24(22)29;/h2-13H,14-20H2,1H3;1H. The van der Waals surface area contributed by atoms with E-state index in [1.165, 1.54) is 4.90 Å². The van der Waals surface area contributed by atoms with Crippen LogP contribution in [0.1, 0.15) is 17.5 Å². The van der Waals surface area contributed by atoms with Gasteiger partial charge in [0.2, 0.25) is 5.91 Å². The fourth-order valence-corrected chi connectivity index (χ4v) is 5.71. The van der Waals surface area contributed by atoms with E-state index < -0.39 is 0 Å². The third-order valence-corrected chi connectivity index (χ3v) is 7.56. The van der Waals surface area contributed by atoms with Gasteiger partial charge in [0.25, 0.3) is 5.91 Å². The average Bonchev–Trinajstić information content (AvgIpc) is 3.40. The summed E-state index contributed by atoms with van der Waals surface area (Å²) in [6.07, 6.45) is 0.165. The molecule has 3 aliphatic rings. The van der Waals surface area contributed by atoms with E-state index in [1.54, 1.807) is 7.11 Å². The van der Waals surface area contributed by atoms with Crippen LogP contribution in [-0.2, 0) is 9.59 Å². The molecule has 6 nitrogen and oxygen atoms in total. The smallest absolute Gasteiger partial charge is 0.257 e. The van der Waals surface area contributed by atoms with Crippen molar-refractivity contribution in [3.8, 4) is 16.9 Å². The van der Waals surface area contributed by atoms with Crippen LogP contribution in [0.3, 0.4) is 0 Å². The molecule has 3 aromatic carbocycles. The number of ether oxygens (including phenoxy) is 1. The van der Waals surface area contributed by atoms with E-state index in [-0.39, 0.29) is 30.6 Å². The predicted molar refractivity (Wildman–Crippen MR) is 148 cm³/mol. The van der Waals surface area contributed by atoms with Crippen LogP contribution in [0.2, 0.25) is 0 Å². The Labute approximate surface area is 223 Å². The number of carbonyl (C=O) groups excluding carboxylic acids is 2. The third kappa shape index (κ3) is 4.41. The van der Waals surface area contributed by atoms with Crippen molar-refractivity contribution in [1.29, 1.82) is 0 Å². The first-order chi connectivity index (χ1) is 17.7. The Balaban J connectivity index is 0.00000280. The number of likely N-dealkylation sites (tertiary alicyclic amines) is 1. The molecule has 2 heterocycles. The van der Waals surface area contributed by atoms with Crippen LogP contribution in [0.15, 0.2) is 78.4 Å². The lowest BCUT2D eigenvalue weighted by atomic mass is 9.97. The molecule has 2 amide bonds. The summed E-state index contributed by atoms with van der Waals surface area (Å²) in [7, 11) is 1.70. The fraction of sp³-hybridized carbons (Fsp3) is 0.267. The molecule has 37 heavy (non-hydrogen) atoms. The topological polar surface area (TPSA) is 53.1 Å². The Kier molecular flexibility index (Phi) is 7.04. The molecule has 7 heteroatoms. The molecule has 6 rings (SSSR count). The third-order valence-electron chi connectivity index (χ3n) is 7.56. The first-order valence-corrected chi connectivity index (χ1v) is 12.5. The van der Waals surface area contributed by atoms with Crippen molar-refractivity contribution < 1.29 is 14.3 Å². The highest BCUT2D eigenvalue weighted by molar-refractivity contribution is 6.21. The van der Waals surface area contributed by atoms with Gasteiger partial charge in [-0.05, 0) is 40.0 Å². The SMILES string of the molecule is COc1ccccc1N1CCN(CCN2C(=O)CC(=C3c4ccccc4-c4ccccc43)C2=O)CC1.Cl. The molecule has 0 radical (unpaired) electrons. The fourth-order valence-electron chi connectivity index (χ4n) is 5.71. The van der Waals surface area contributed by atoms with Crippen LogP contribution >= 0.6 is 12.4 Å². The molecular weight excluding hydrogens is 486 g/mol. The summed E-state index contributed by atoms with van der Waals surface area (Å²) in [5, 5.41) is 0. The molecule has 0 spiro atoms. The van der Waals surface area contributed by atoms with E-state index >= 15 is 0 Å². The summed E-state index contributed by atoms with van der Waals surface area (Å²) in [4.78, 5) is 32.6. The van der Waals surface area contributed by atoms with Gasteiger partial charge in [-0.3, -0.25) is 19.4 Å². The number of piperazine rings is 1. The lowest BCUT2D eigenvalue weighted by Crippen LogP contribution is -2.49. The van der Waals surface area contributed by atoms with E-state index in [2.05, 4.69) is 40.1 Å². The maximum atomic E-state index is 13.5. The summed E-state index contributed by atoms with van der Waals surface area (Å²) in [6.45, 7) is 4.63. The second-order valence-electron chi connectivity index (χ2n) is 9.47. The van der Waals surface area contributed by atoms with Crippen molar-refractivity contribution in [3.05, 3.63) is 89.5 Å². The van der Waals surface area contributed by atoms with Gasteiger partial charge >= 0.3 is 0 Å². The lowest BCUT2D eigenvalue weighted by Gasteiger charge is -2.37. The number of imide groups is 1. The van der Waals surface area contributed by atoms with Gasteiger partial charge in [0, 0.05) is 44.8 Å². The molecule has 0 unspecified atom stereocenters. The van der Waals surface area contributed by atoms with Gasteiger partial charge in [0.05, 0.1) is 19.2 Å². The number of amides is 2. The predicted octanol–water partition coefficient (Wildman–Crippen LogP) is 4.48. The molecule has 0 bridgehead atoms. The van der Waals surface area contributed by atoms with Crippen LogP contribution in [0.4, 0.5) is 5.69 Å². The van der Waals surface area contributed by atoms with E-state index in [0.717, 1.165) is 65.4 Å². The van der Waals surface area contributed by atoms with Gasteiger partial charge in [-0.1, -0.05) is 60.7 Å². The molecule has 0 aromatic heterocycles. The number of hydrogen-bond acceptors (Lipinski definition) is 5. The van der Waals surface area contributed by atoms with Crippen LogP contribution in [-0.4, -0.2) is 68.0 Å². The number of methoxy groups -OCH3 is 1. The highest BCUT2D eigenvalue weighted by Crippen LogP contribution is 2.47. The maximum Gasteiger partial charge on any atom is 0.257 e. The number of para-hydroxylation sites is 2. The first-order valence-electron chi connectivity index (χ1n) is 12.5. The quantitative estimate of drug-likeness (QED) is 0.290. The monoisotopic (exact) mass is 515 g/mol. The second kappa shape index (κ2) is 10.4. The zero-order valence-corrected chi connectivity index (χ0v) is 21.7. The van der Waals surface area contributed by atoms with Crippen LogP contribution in [0, 0.1) is 0 Å². The zero-order valence-electron chi connectivity index (χ0n) is 20.9. The van der Waals surface area contributed by atoms with E-state index in [4.69, 9.17) is 4.74 Å². The number of anilines is 1. The van der Waals surface area contributed by atoms with Crippen LogP contribution in [0.25, 0.3) is 16.7 Å². The minimum Gasteiger partial charge on any atom is -0.495 e. The van der Waals surface area contributed by atoms with Crippen LogP contribution < -0.4 is 9.64 Å². The molecule has 0 atom stereocenters. The molecule has 0 saturated carbocycles. The van der Waals surface area contributed by atoms with Crippen molar-refractivity contribution in [3.63, 3.8) is 0 Å². The highest BCUT2D eigenvalue weighted by atomic mass is 35.5.